The molecule has 0 aliphatic rings. The van der Waals surface area contributed by atoms with Gasteiger partial charge >= 0.3 is 6.61 Å². The number of ether oxygens (including phenoxy) is 1. The van der Waals surface area contributed by atoms with Crippen molar-refractivity contribution >= 4 is 38.9 Å². The van der Waals surface area contributed by atoms with Crippen molar-refractivity contribution in [1.82, 2.24) is 14.6 Å². The van der Waals surface area contributed by atoms with Crippen molar-refractivity contribution in [2.45, 2.75) is 25.6 Å². The predicted molar refractivity (Wildman–Crippen MR) is 95.4 cm³/mol. The molecule has 3 rings (SSSR count). The molecule has 0 aliphatic carbocycles. The zero-order chi connectivity index (χ0) is 18.7. The molecule has 0 bridgehead atoms. The predicted octanol–water partition coefficient (Wildman–Crippen LogP) is 3.46. The number of hydrogen-bond acceptors (Lipinski definition) is 6. The van der Waals surface area contributed by atoms with Crippen molar-refractivity contribution < 1.29 is 17.9 Å². The van der Waals surface area contributed by atoms with Crippen LogP contribution in [0.3, 0.4) is 0 Å². The van der Waals surface area contributed by atoms with E-state index in [1.54, 1.807) is 16.8 Å². The molecule has 3 N–H and O–H groups in total. The first-order valence-corrected chi connectivity index (χ1v) is 8.76. The van der Waals surface area contributed by atoms with E-state index < -0.39 is 12.7 Å². The number of rotatable bonds is 8. The van der Waals surface area contributed by atoms with E-state index in [2.05, 4.69) is 36.1 Å². The largest absolute Gasteiger partial charge is 0.467 e. The second-order valence-corrected chi connectivity index (χ2v) is 6.57. The Balaban J connectivity index is 1.83. The molecule has 0 fully saturated rings. The van der Waals surface area contributed by atoms with Gasteiger partial charge in [-0.1, -0.05) is 0 Å². The lowest BCUT2D eigenvalue weighted by Gasteiger charge is -2.10. The summed E-state index contributed by atoms with van der Waals surface area (Å²) in [4.78, 5) is 4.20. The highest BCUT2D eigenvalue weighted by molar-refractivity contribution is 9.10. The molecule has 140 valence electrons. The molecule has 3 aromatic rings. The summed E-state index contributed by atoms with van der Waals surface area (Å²) in [5.41, 5.74) is 7.29. The SMILES string of the molecule is N[C@@H](COC(F)F)Cc1cc2c(NCc3ccco3)nc(Cl)nn2c1Br. The van der Waals surface area contributed by atoms with Gasteiger partial charge in [0.1, 0.15) is 15.9 Å². The molecular weight excluding hydrogens is 436 g/mol. The summed E-state index contributed by atoms with van der Waals surface area (Å²) in [7, 11) is 0. The van der Waals surface area contributed by atoms with Crippen molar-refractivity contribution in [2.75, 3.05) is 11.9 Å². The molecular formula is C15H15BrClF2N5O2. The van der Waals surface area contributed by atoms with Crippen molar-refractivity contribution in [1.29, 1.82) is 0 Å². The topological polar surface area (TPSA) is 90.6 Å². The molecule has 0 amide bonds. The Bertz CT molecular complexity index is 875. The first-order chi connectivity index (χ1) is 12.4. The average molecular weight is 451 g/mol. The maximum absolute atomic E-state index is 12.1. The van der Waals surface area contributed by atoms with E-state index in [1.807, 2.05) is 12.1 Å². The lowest BCUT2D eigenvalue weighted by atomic mass is 10.1. The minimum absolute atomic E-state index is 0.0487. The zero-order valence-electron chi connectivity index (χ0n) is 13.3. The lowest BCUT2D eigenvalue weighted by molar-refractivity contribution is -0.131. The van der Waals surface area contributed by atoms with Gasteiger partial charge in [-0.15, -0.1) is 5.10 Å². The summed E-state index contributed by atoms with van der Waals surface area (Å²) in [6.07, 6.45) is 1.89. The molecule has 26 heavy (non-hydrogen) atoms. The Kier molecular flexibility index (Phi) is 6.07. The fourth-order valence-electron chi connectivity index (χ4n) is 2.44. The van der Waals surface area contributed by atoms with Crippen molar-refractivity contribution in [2.24, 2.45) is 5.73 Å². The van der Waals surface area contributed by atoms with E-state index in [0.29, 0.717) is 28.9 Å². The summed E-state index contributed by atoms with van der Waals surface area (Å²) in [5.74, 6) is 1.24. The number of fused-ring (bicyclic) bond motifs is 1. The fraction of sp³-hybridized carbons (Fsp3) is 0.333. The molecule has 0 spiro atoms. The molecule has 11 heteroatoms. The van der Waals surface area contributed by atoms with Crippen LogP contribution in [0.15, 0.2) is 33.5 Å². The summed E-state index contributed by atoms with van der Waals surface area (Å²) < 4.78 is 36.0. The maximum Gasteiger partial charge on any atom is 0.345 e. The monoisotopic (exact) mass is 449 g/mol. The van der Waals surface area contributed by atoms with Crippen molar-refractivity contribution in [3.8, 4) is 0 Å². The van der Waals surface area contributed by atoms with Gasteiger partial charge in [0.05, 0.1) is 19.4 Å². The van der Waals surface area contributed by atoms with E-state index >= 15 is 0 Å². The lowest BCUT2D eigenvalue weighted by Crippen LogP contribution is -2.29. The van der Waals surface area contributed by atoms with Gasteiger partial charge in [0, 0.05) is 6.04 Å². The number of halogens is 4. The maximum atomic E-state index is 12.1. The molecule has 0 radical (unpaired) electrons. The first-order valence-electron chi connectivity index (χ1n) is 7.59. The Hall–Kier alpha value is -1.75. The van der Waals surface area contributed by atoms with Crippen LogP contribution in [0.2, 0.25) is 5.28 Å². The van der Waals surface area contributed by atoms with Gasteiger partial charge in [0.2, 0.25) is 5.28 Å². The number of hydrogen-bond donors (Lipinski definition) is 2. The van der Waals surface area contributed by atoms with Gasteiger partial charge in [0.15, 0.2) is 5.82 Å². The number of furan rings is 1. The normalized spacial score (nSPS) is 12.8. The zero-order valence-corrected chi connectivity index (χ0v) is 15.7. The van der Waals surface area contributed by atoms with Gasteiger partial charge in [0.25, 0.3) is 0 Å². The summed E-state index contributed by atoms with van der Waals surface area (Å²) in [6, 6.07) is 4.83. The van der Waals surface area contributed by atoms with Crippen LogP contribution in [0.4, 0.5) is 14.6 Å². The van der Waals surface area contributed by atoms with E-state index in [9.17, 15) is 8.78 Å². The molecule has 0 aliphatic heterocycles. The van der Waals surface area contributed by atoms with Crippen molar-refractivity contribution in [3.05, 3.63) is 45.7 Å². The van der Waals surface area contributed by atoms with E-state index in [1.165, 1.54) is 0 Å². The number of nitrogens with two attached hydrogens (primary N) is 1. The van der Waals surface area contributed by atoms with E-state index in [-0.39, 0.29) is 11.9 Å². The number of aromatic nitrogens is 3. The molecule has 3 heterocycles. The second kappa shape index (κ2) is 8.30. The van der Waals surface area contributed by atoms with E-state index in [4.69, 9.17) is 21.8 Å². The van der Waals surface area contributed by atoms with Crippen LogP contribution in [0.5, 0.6) is 0 Å². The molecule has 1 atom stereocenters. The minimum atomic E-state index is -2.85. The highest BCUT2D eigenvalue weighted by Gasteiger charge is 2.17. The fourth-order valence-corrected chi connectivity index (χ4v) is 3.15. The number of nitrogens with zero attached hydrogens (tertiary/aromatic N) is 3. The average Bonchev–Trinajstić information content (AvgIpc) is 3.21. The smallest absolute Gasteiger partial charge is 0.345 e. The van der Waals surface area contributed by atoms with Crippen LogP contribution in [-0.4, -0.2) is 33.9 Å². The van der Waals surface area contributed by atoms with Crippen LogP contribution < -0.4 is 11.1 Å². The van der Waals surface area contributed by atoms with Crippen LogP contribution in [0, 0.1) is 0 Å². The molecule has 0 saturated heterocycles. The van der Waals surface area contributed by atoms with Gasteiger partial charge < -0.3 is 20.2 Å². The number of anilines is 1. The summed E-state index contributed by atoms with van der Waals surface area (Å²) in [5, 5.41) is 7.34. The van der Waals surface area contributed by atoms with Crippen LogP contribution in [0.25, 0.3) is 5.52 Å². The molecule has 7 nitrogen and oxygen atoms in total. The molecule has 0 unspecified atom stereocenters. The Morgan fingerprint density at radius 2 is 2.27 bits per heavy atom. The van der Waals surface area contributed by atoms with Crippen LogP contribution in [0.1, 0.15) is 11.3 Å². The van der Waals surface area contributed by atoms with Crippen molar-refractivity contribution in [3.63, 3.8) is 0 Å². The summed E-state index contributed by atoms with van der Waals surface area (Å²) >= 11 is 9.44. The Labute approximate surface area is 160 Å². The minimum Gasteiger partial charge on any atom is -0.467 e. The molecule has 3 aromatic heterocycles. The number of alkyl halides is 2. The third-order valence-electron chi connectivity index (χ3n) is 3.55. The Morgan fingerprint density at radius 1 is 1.46 bits per heavy atom. The van der Waals surface area contributed by atoms with Crippen LogP contribution in [-0.2, 0) is 17.7 Å². The second-order valence-electron chi connectivity index (χ2n) is 5.48. The van der Waals surface area contributed by atoms with Gasteiger partial charge in [-0.3, -0.25) is 0 Å². The molecule has 0 aromatic carbocycles. The van der Waals surface area contributed by atoms with E-state index in [0.717, 1.165) is 11.3 Å². The van der Waals surface area contributed by atoms with Crippen LogP contribution >= 0.6 is 27.5 Å². The van der Waals surface area contributed by atoms with Gasteiger partial charge in [-0.2, -0.15) is 13.8 Å². The number of nitrogens with one attached hydrogen (secondary N) is 1. The van der Waals surface area contributed by atoms with Gasteiger partial charge in [-0.05, 0) is 57.7 Å². The quantitative estimate of drug-likeness (QED) is 0.546. The highest BCUT2D eigenvalue weighted by Crippen LogP contribution is 2.27. The molecule has 0 saturated carbocycles. The Morgan fingerprint density at radius 3 is 2.96 bits per heavy atom. The van der Waals surface area contributed by atoms with Gasteiger partial charge in [-0.25, -0.2) is 4.52 Å². The first kappa shape index (κ1) is 19.0. The summed E-state index contributed by atoms with van der Waals surface area (Å²) in [6.45, 7) is -2.69. The third kappa shape index (κ3) is 4.50. The highest BCUT2D eigenvalue weighted by atomic mass is 79.9. The standard InChI is InChI=1S/C15H15BrClF2N5O2/c16-12-8(4-9(20)7-26-15(18)19)5-11-13(22-14(17)23-24(11)12)21-6-10-2-1-3-25-10/h1-3,5,9,15H,4,6-7,20H2,(H,21,22,23)/t9-/m1/s1. The third-order valence-corrected chi connectivity index (χ3v) is 4.55.